The topological polar surface area (TPSA) is 133 Å². The molecule has 0 bridgehead atoms. The van der Waals surface area contributed by atoms with Crippen LogP contribution < -0.4 is 16.0 Å². The Balaban J connectivity index is 0.000000572. The maximum Gasteiger partial charge on any atom is 0.490 e. The summed E-state index contributed by atoms with van der Waals surface area (Å²) in [7, 11) is 0. The van der Waals surface area contributed by atoms with Crippen LogP contribution >= 0.6 is 11.3 Å². The van der Waals surface area contributed by atoms with Gasteiger partial charge in [0.2, 0.25) is 16.9 Å². The predicted molar refractivity (Wildman–Crippen MR) is 128 cm³/mol. The number of alkyl halides is 3. The first kappa shape index (κ1) is 28.9. The highest BCUT2D eigenvalue weighted by molar-refractivity contribution is 7.15. The number of benzene rings is 1. The fourth-order valence-electron chi connectivity index (χ4n) is 3.24. The van der Waals surface area contributed by atoms with Crippen molar-refractivity contribution in [2.75, 3.05) is 11.9 Å². The summed E-state index contributed by atoms with van der Waals surface area (Å²) in [5.41, 5.74) is 1.20. The van der Waals surface area contributed by atoms with Crippen LogP contribution in [0.15, 0.2) is 42.5 Å². The Morgan fingerprint density at radius 1 is 1.22 bits per heavy atom. The summed E-state index contributed by atoms with van der Waals surface area (Å²) < 4.78 is 31.7. The number of anilines is 1. The monoisotopic (exact) mass is 527 g/mol. The zero-order valence-electron chi connectivity index (χ0n) is 19.5. The SMILES string of the molecule is Cc1nnc(NC(=O)/C=C/[C@H](CCc2ccccc2)NC(=O)[C@@H]2CCCCN2)s1.O=C(O)C(F)(F)F. The van der Waals surface area contributed by atoms with Crippen molar-refractivity contribution < 1.29 is 32.7 Å². The number of nitrogens with zero attached hydrogens (tertiary/aromatic N) is 2. The highest BCUT2D eigenvalue weighted by atomic mass is 32.1. The molecule has 0 aliphatic carbocycles. The summed E-state index contributed by atoms with van der Waals surface area (Å²) in [6.07, 6.45) is 2.66. The molecule has 2 aromatic rings. The number of hydrogen-bond donors (Lipinski definition) is 4. The van der Waals surface area contributed by atoms with E-state index in [2.05, 4.69) is 38.3 Å². The largest absolute Gasteiger partial charge is 0.490 e. The molecule has 1 fully saturated rings. The molecule has 0 spiro atoms. The molecule has 9 nitrogen and oxygen atoms in total. The lowest BCUT2D eigenvalue weighted by Gasteiger charge is -2.25. The molecule has 1 aromatic heterocycles. The summed E-state index contributed by atoms with van der Waals surface area (Å²) >= 11 is 1.32. The second-order valence-electron chi connectivity index (χ2n) is 7.92. The Kier molecular flexibility index (Phi) is 11.5. The number of hydrogen-bond acceptors (Lipinski definition) is 7. The summed E-state index contributed by atoms with van der Waals surface area (Å²) in [6.45, 7) is 2.70. The molecule has 0 unspecified atom stereocenters. The van der Waals surface area contributed by atoms with Gasteiger partial charge in [0.25, 0.3) is 0 Å². The molecule has 2 atom stereocenters. The Morgan fingerprint density at radius 2 is 1.92 bits per heavy atom. The molecule has 36 heavy (non-hydrogen) atoms. The quantitative estimate of drug-likeness (QED) is 0.388. The second kappa shape index (κ2) is 14.3. The fourth-order valence-corrected chi connectivity index (χ4v) is 3.83. The number of carboxylic acid groups (broad SMARTS) is 1. The summed E-state index contributed by atoms with van der Waals surface area (Å²) in [6, 6.07) is 9.73. The minimum absolute atomic E-state index is 0.00688. The van der Waals surface area contributed by atoms with E-state index in [4.69, 9.17) is 9.90 Å². The molecule has 1 aliphatic rings. The van der Waals surface area contributed by atoms with Crippen LogP contribution in [0.25, 0.3) is 0 Å². The van der Waals surface area contributed by atoms with Crippen molar-refractivity contribution in [2.24, 2.45) is 0 Å². The van der Waals surface area contributed by atoms with E-state index in [0.29, 0.717) is 11.6 Å². The first-order valence-corrected chi connectivity index (χ1v) is 12.0. The van der Waals surface area contributed by atoms with E-state index in [0.717, 1.165) is 37.2 Å². The molecule has 0 saturated carbocycles. The highest BCUT2D eigenvalue weighted by Gasteiger charge is 2.38. The van der Waals surface area contributed by atoms with Gasteiger partial charge in [-0.15, -0.1) is 10.2 Å². The molecular formula is C23H28F3N5O4S. The molecule has 1 saturated heterocycles. The van der Waals surface area contributed by atoms with Crippen molar-refractivity contribution >= 4 is 34.3 Å². The van der Waals surface area contributed by atoms with Crippen molar-refractivity contribution in [1.29, 1.82) is 0 Å². The number of aliphatic carboxylic acids is 1. The van der Waals surface area contributed by atoms with Crippen molar-refractivity contribution in [3.8, 4) is 0 Å². The van der Waals surface area contributed by atoms with E-state index in [-0.39, 0.29) is 23.9 Å². The number of amides is 2. The Labute approximate surface area is 210 Å². The van der Waals surface area contributed by atoms with E-state index in [1.165, 1.54) is 23.0 Å². The third-order valence-electron chi connectivity index (χ3n) is 5.02. The van der Waals surface area contributed by atoms with Gasteiger partial charge in [-0.25, -0.2) is 4.79 Å². The minimum atomic E-state index is -5.08. The Bertz CT molecular complexity index is 1020. The van der Waals surface area contributed by atoms with E-state index in [9.17, 15) is 22.8 Å². The molecule has 196 valence electrons. The number of carbonyl (C=O) groups is 3. The molecule has 13 heteroatoms. The predicted octanol–water partition coefficient (Wildman–Crippen LogP) is 3.23. The number of rotatable bonds is 8. The van der Waals surface area contributed by atoms with Crippen LogP contribution in [0.4, 0.5) is 18.3 Å². The first-order valence-electron chi connectivity index (χ1n) is 11.2. The molecule has 2 heterocycles. The maximum absolute atomic E-state index is 12.6. The lowest BCUT2D eigenvalue weighted by atomic mass is 10.0. The Hall–Kier alpha value is -3.32. The number of halogens is 3. The lowest BCUT2D eigenvalue weighted by molar-refractivity contribution is -0.192. The van der Waals surface area contributed by atoms with Gasteiger partial charge in [-0.2, -0.15) is 13.2 Å². The van der Waals surface area contributed by atoms with Gasteiger partial charge in [0.1, 0.15) is 5.01 Å². The van der Waals surface area contributed by atoms with Crippen LogP contribution in [0.3, 0.4) is 0 Å². The van der Waals surface area contributed by atoms with E-state index in [1.807, 2.05) is 25.1 Å². The minimum Gasteiger partial charge on any atom is -0.475 e. The number of carbonyl (C=O) groups excluding carboxylic acids is 2. The van der Waals surface area contributed by atoms with E-state index >= 15 is 0 Å². The molecule has 2 amide bonds. The first-order chi connectivity index (χ1) is 17.0. The second-order valence-corrected chi connectivity index (χ2v) is 9.10. The summed E-state index contributed by atoms with van der Waals surface area (Å²) in [5.74, 6) is -3.05. The van der Waals surface area contributed by atoms with Gasteiger partial charge < -0.3 is 15.7 Å². The van der Waals surface area contributed by atoms with Gasteiger partial charge in [0.05, 0.1) is 6.04 Å². The third-order valence-corrected chi connectivity index (χ3v) is 5.77. The maximum atomic E-state index is 12.6. The van der Waals surface area contributed by atoms with Crippen molar-refractivity contribution in [3.63, 3.8) is 0 Å². The smallest absolute Gasteiger partial charge is 0.475 e. The van der Waals surface area contributed by atoms with Crippen LogP contribution in [-0.2, 0) is 20.8 Å². The van der Waals surface area contributed by atoms with Gasteiger partial charge in [0.15, 0.2) is 0 Å². The standard InChI is InChI=1S/C21H27N5O2S.C2HF3O2/c1-15-25-26-21(29-15)24-19(27)13-12-17(11-10-16-7-3-2-4-8-16)23-20(28)18-9-5-6-14-22-18;3-2(4,5)1(6)7/h2-4,7-8,12-13,17-18,22H,5-6,9-11,14H2,1H3,(H,23,28)(H,24,26,27);(H,6,7)/b13-12+;/t17-,18-;/m0./s1. The summed E-state index contributed by atoms with van der Waals surface area (Å²) in [5, 5.41) is 25.2. The van der Waals surface area contributed by atoms with Gasteiger partial charge in [-0.05, 0) is 44.7 Å². The lowest BCUT2D eigenvalue weighted by Crippen LogP contribution is -2.49. The van der Waals surface area contributed by atoms with Gasteiger partial charge >= 0.3 is 12.1 Å². The van der Waals surface area contributed by atoms with Crippen LogP contribution in [0.2, 0.25) is 0 Å². The molecule has 0 radical (unpaired) electrons. The third kappa shape index (κ3) is 11.0. The average molecular weight is 528 g/mol. The zero-order chi connectivity index (χ0) is 26.6. The number of nitrogens with one attached hydrogen (secondary N) is 3. The van der Waals surface area contributed by atoms with E-state index in [1.54, 1.807) is 6.08 Å². The van der Waals surface area contributed by atoms with Gasteiger partial charge in [-0.1, -0.05) is 54.2 Å². The zero-order valence-corrected chi connectivity index (χ0v) is 20.4. The van der Waals surface area contributed by atoms with Crippen molar-refractivity contribution in [3.05, 3.63) is 53.1 Å². The van der Waals surface area contributed by atoms with Gasteiger partial charge in [-0.3, -0.25) is 14.9 Å². The number of aromatic nitrogens is 2. The number of aryl methyl sites for hydroxylation is 2. The molecular weight excluding hydrogens is 499 g/mol. The van der Waals surface area contributed by atoms with Crippen molar-refractivity contribution in [2.45, 2.75) is 57.3 Å². The van der Waals surface area contributed by atoms with Crippen LogP contribution in [0, 0.1) is 6.92 Å². The van der Waals surface area contributed by atoms with E-state index < -0.39 is 12.1 Å². The molecule has 1 aliphatic heterocycles. The molecule has 4 N–H and O–H groups in total. The number of piperidine rings is 1. The van der Waals surface area contributed by atoms with Crippen LogP contribution in [-0.4, -0.2) is 57.9 Å². The molecule has 1 aromatic carbocycles. The molecule has 3 rings (SSSR count). The average Bonchev–Trinajstić information content (AvgIpc) is 3.26. The van der Waals surface area contributed by atoms with Crippen molar-refractivity contribution in [1.82, 2.24) is 20.8 Å². The van der Waals surface area contributed by atoms with Crippen LogP contribution in [0.1, 0.15) is 36.3 Å². The number of carboxylic acids is 1. The van der Waals surface area contributed by atoms with Crippen LogP contribution in [0.5, 0.6) is 0 Å². The normalized spacial score (nSPS) is 16.5. The summed E-state index contributed by atoms with van der Waals surface area (Å²) in [4.78, 5) is 33.7. The Morgan fingerprint density at radius 3 is 2.47 bits per heavy atom. The fraction of sp³-hybridized carbons (Fsp3) is 0.435. The van der Waals surface area contributed by atoms with Gasteiger partial charge in [0, 0.05) is 12.1 Å². The highest BCUT2D eigenvalue weighted by Crippen LogP contribution is 2.14.